The Morgan fingerprint density at radius 3 is 3.12 bits per heavy atom. The summed E-state index contributed by atoms with van der Waals surface area (Å²) in [7, 11) is 0. The number of nitrogens with one attached hydrogen (secondary N) is 2. The minimum atomic E-state index is 0.656. The fourth-order valence-corrected chi connectivity index (χ4v) is 1.76. The van der Waals surface area contributed by atoms with Gasteiger partial charge in [0, 0.05) is 24.9 Å². The molecule has 1 aromatic heterocycles. The molecule has 1 rings (SSSR count). The van der Waals surface area contributed by atoms with Crippen molar-refractivity contribution in [1.29, 1.82) is 0 Å². The molecular formula is C10H19N5S. The number of rotatable bonds is 6. The molecule has 6 heteroatoms. The Kier molecular flexibility index (Phi) is 6.52. The van der Waals surface area contributed by atoms with Crippen molar-refractivity contribution in [3.05, 3.63) is 16.6 Å². The molecule has 0 radical (unpaired) electrons. The van der Waals surface area contributed by atoms with E-state index in [2.05, 4.69) is 27.6 Å². The molecule has 1 heterocycles. The van der Waals surface area contributed by atoms with Gasteiger partial charge in [0.15, 0.2) is 0 Å². The summed E-state index contributed by atoms with van der Waals surface area (Å²) in [4.78, 5) is 8.50. The zero-order valence-electron chi connectivity index (χ0n) is 9.57. The first-order valence-electron chi connectivity index (χ1n) is 5.48. The van der Waals surface area contributed by atoms with Crippen LogP contribution in [0, 0.1) is 0 Å². The van der Waals surface area contributed by atoms with Crippen molar-refractivity contribution >= 4 is 17.3 Å². The van der Waals surface area contributed by atoms with Gasteiger partial charge in [0.05, 0.1) is 11.2 Å². The summed E-state index contributed by atoms with van der Waals surface area (Å²) in [6, 6.07) is 0. The van der Waals surface area contributed by atoms with Crippen LogP contribution in [0.25, 0.3) is 0 Å². The van der Waals surface area contributed by atoms with Crippen LogP contribution in [0.15, 0.2) is 15.9 Å². The molecule has 0 fully saturated rings. The van der Waals surface area contributed by atoms with Gasteiger partial charge < -0.3 is 5.32 Å². The molecule has 0 aliphatic rings. The van der Waals surface area contributed by atoms with Crippen molar-refractivity contribution in [3.8, 4) is 0 Å². The van der Waals surface area contributed by atoms with Gasteiger partial charge in [0.2, 0.25) is 5.96 Å². The minimum absolute atomic E-state index is 0.656. The number of hydrogen-bond donors (Lipinski definition) is 3. The number of nitrogens with zero attached hydrogens (tertiary/aromatic N) is 2. The summed E-state index contributed by atoms with van der Waals surface area (Å²) >= 11 is 1.61. The Morgan fingerprint density at radius 2 is 2.50 bits per heavy atom. The fraction of sp³-hybridized carbons (Fsp3) is 0.600. The average molecular weight is 241 g/mol. The summed E-state index contributed by atoms with van der Waals surface area (Å²) in [6.45, 7) is 3.74. The molecule has 16 heavy (non-hydrogen) atoms. The van der Waals surface area contributed by atoms with Crippen molar-refractivity contribution in [1.82, 2.24) is 15.7 Å². The van der Waals surface area contributed by atoms with E-state index >= 15 is 0 Å². The van der Waals surface area contributed by atoms with E-state index in [0.717, 1.165) is 38.0 Å². The van der Waals surface area contributed by atoms with Gasteiger partial charge in [-0.05, 0) is 6.42 Å². The topological polar surface area (TPSA) is 75.3 Å². The second-order valence-corrected chi connectivity index (χ2v) is 4.10. The van der Waals surface area contributed by atoms with E-state index in [1.165, 1.54) is 0 Å². The normalized spacial score (nSPS) is 11.5. The summed E-state index contributed by atoms with van der Waals surface area (Å²) in [5.41, 5.74) is 5.50. The van der Waals surface area contributed by atoms with Crippen LogP contribution in [0.4, 0.5) is 0 Å². The van der Waals surface area contributed by atoms with Crippen LogP contribution in [0.2, 0.25) is 0 Å². The molecule has 0 aromatic carbocycles. The van der Waals surface area contributed by atoms with Crippen molar-refractivity contribution < 1.29 is 0 Å². The van der Waals surface area contributed by atoms with Gasteiger partial charge in [-0.2, -0.15) is 0 Å². The fourth-order valence-electron chi connectivity index (χ4n) is 1.17. The number of thiazole rings is 1. The highest BCUT2D eigenvalue weighted by Crippen LogP contribution is 2.00. The summed E-state index contributed by atoms with van der Waals surface area (Å²) in [6.07, 6.45) is 3.11. The molecule has 0 aliphatic heterocycles. The smallest absolute Gasteiger partial charge is 0.205 e. The Hall–Kier alpha value is -1.14. The van der Waals surface area contributed by atoms with Crippen molar-refractivity contribution in [2.24, 2.45) is 10.8 Å². The van der Waals surface area contributed by atoms with Crippen LogP contribution < -0.4 is 16.6 Å². The van der Waals surface area contributed by atoms with Crippen molar-refractivity contribution in [3.63, 3.8) is 0 Å². The van der Waals surface area contributed by atoms with Crippen LogP contribution in [-0.2, 0) is 6.42 Å². The van der Waals surface area contributed by atoms with Gasteiger partial charge in [0.25, 0.3) is 0 Å². The highest BCUT2D eigenvalue weighted by Gasteiger charge is 1.97. The van der Waals surface area contributed by atoms with Crippen LogP contribution in [0.1, 0.15) is 25.5 Å². The Morgan fingerprint density at radius 1 is 1.62 bits per heavy atom. The first kappa shape index (κ1) is 12.9. The largest absolute Gasteiger partial charge is 0.355 e. The second kappa shape index (κ2) is 8.06. The van der Waals surface area contributed by atoms with Gasteiger partial charge in [-0.1, -0.05) is 13.3 Å². The Bertz CT molecular complexity index is 296. The Balaban J connectivity index is 2.20. The number of unbranched alkanes of at least 4 members (excludes halogenated alkanes) is 1. The summed E-state index contributed by atoms with van der Waals surface area (Å²) in [5.74, 6) is 6.01. The third-order valence-electron chi connectivity index (χ3n) is 2.08. The minimum Gasteiger partial charge on any atom is -0.355 e. The van der Waals surface area contributed by atoms with Crippen LogP contribution in [0.3, 0.4) is 0 Å². The number of hydrogen-bond acceptors (Lipinski definition) is 4. The molecule has 0 saturated heterocycles. The third-order valence-corrected chi connectivity index (χ3v) is 2.71. The molecule has 0 amide bonds. The lowest BCUT2D eigenvalue weighted by atomic mass is 10.3. The number of aromatic nitrogens is 1. The van der Waals surface area contributed by atoms with E-state index in [-0.39, 0.29) is 0 Å². The standard InChI is InChI=1S/C10H19N5S/c1-2-3-5-12-10(15-11)13-6-4-9-7-16-8-14-9/h7-8H,2-6,11H2,1H3,(H2,12,13,15). The number of guanidine groups is 1. The molecule has 90 valence electrons. The summed E-state index contributed by atoms with van der Waals surface area (Å²) in [5, 5.41) is 5.19. The molecule has 0 atom stereocenters. The zero-order valence-corrected chi connectivity index (χ0v) is 10.4. The molecule has 1 aromatic rings. The van der Waals surface area contributed by atoms with Crippen molar-refractivity contribution in [2.45, 2.75) is 26.2 Å². The maximum atomic E-state index is 5.36. The highest BCUT2D eigenvalue weighted by molar-refractivity contribution is 7.07. The molecule has 0 unspecified atom stereocenters. The maximum absolute atomic E-state index is 5.36. The van der Waals surface area contributed by atoms with E-state index in [1.54, 1.807) is 11.3 Å². The first-order valence-corrected chi connectivity index (χ1v) is 6.43. The third kappa shape index (κ3) is 5.09. The second-order valence-electron chi connectivity index (χ2n) is 3.38. The lowest BCUT2D eigenvalue weighted by Gasteiger charge is -2.07. The van der Waals surface area contributed by atoms with Gasteiger partial charge in [-0.15, -0.1) is 11.3 Å². The molecule has 0 bridgehead atoms. The molecule has 0 saturated carbocycles. The van der Waals surface area contributed by atoms with Crippen LogP contribution in [-0.4, -0.2) is 24.0 Å². The molecule has 0 spiro atoms. The predicted molar refractivity (Wildman–Crippen MR) is 68.4 cm³/mol. The zero-order chi connectivity index (χ0) is 11.6. The van der Waals surface area contributed by atoms with Crippen LogP contribution in [0.5, 0.6) is 0 Å². The van der Waals surface area contributed by atoms with Crippen molar-refractivity contribution in [2.75, 3.05) is 13.1 Å². The van der Waals surface area contributed by atoms with E-state index < -0.39 is 0 Å². The number of hydrazine groups is 1. The summed E-state index contributed by atoms with van der Waals surface area (Å²) < 4.78 is 0. The van der Waals surface area contributed by atoms with Crippen LogP contribution >= 0.6 is 11.3 Å². The highest BCUT2D eigenvalue weighted by atomic mass is 32.1. The average Bonchev–Trinajstić information content (AvgIpc) is 2.80. The van der Waals surface area contributed by atoms with E-state index in [0.29, 0.717) is 5.96 Å². The van der Waals surface area contributed by atoms with E-state index in [9.17, 15) is 0 Å². The quantitative estimate of drug-likeness (QED) is 0.227. The monoisotopic (exact) mass is 241 g/mol. The van der Waals surface area contributed by atoms with Gasteiger partial charge >= 0.3 is 0 Å². The SMILES string of the molecule is CCCCN=C(NN)NCCc1cscn1. The Labute approximate surface area is 100 Å². The van der Waals surface area contributed by atoms with Gasteiger partial charge in [-0.3, -0.25) is 10.4 Å². The molecule has 0 aliphatic carbocycles. The number of nitrogens with two attached hydrogens (primary N) is 1. The van der Waals surface area contributed by atoms with E-state index in [4.69, 9.17) is 5.84 Å². The van der Waals surface area contributed by atoms with Gasteiger partial charge in [-0.25, -0.2) is 10.8 Å². The maximum Gasteiger partial charge on any atom is 0.205 e. The lowest BCUT2D eigenvalue weighted by Crippen LogP contribution is -2.42. The molecule has 4 N–H and O–H groups in total. The lowest BCUT2D eigenvalue weighted by molar-refractivity contribution is 0.767. The first-order chi connectivity index (χ1) is 7.86. The predicted octanol–water partition coefficient (Wildman–Crippen LogP) is 0.895. The molecular weight excluding hydrogens is 222 g/mol. The number of aliphatic imine (C=N–C) groups is 1. The van der Waals surface area contributed by atoms with E-state index in [1.807, 2.05) is 10.9 Å². The molecule has 5 nitrogen and oxygen atoms in total. The van der Waals surface area contributed by atoms with Gasteiger partial charge in [0.1, 0.15) is 0 Å².